The quantitative estimate of drug-likeness (QED) is 0.580. The molecule has 0 aromatic carbocycles. The van der Waals surface area contributed by atoms with Crippen molar-refractivity contribution >= 4 is 17.5 Å². The summed E-state index contributed by atoms with van der Waals surface area (Å²) >= 11 is 0. The number of ether oxygens (including phenoxy) is 1. The van der Waals surface area contributed by atoms with Crippen molar-refractivity contribution in [3.05, 3.63) is 11.9 Å². The molecule has 0 atom stereocenters. The van der Waals surface area contributed by atoms with E-state index in [1.807, 2.05) is 6.92 Å². The Morgan fingerprint density at radius 2 is 1.95 bits per heavy atom. The third-order valence-corrected chi connectivity index (χ3v) is 2.45. The Balaban J connectivity index is 2.46. The molecule has 0 aliphatic rings. The van der Waals surface area contributed by atoms with E-state index in [1.54, 1.807) is 13.2 Å². The molecule has 0 bridgehead atoms. The van der Waals surface area contributed by atoms with Crippen LogP contribution in [0.1, 0.15) is 19.2 Å². The summed E-state index contributed by atoms with van der Waals surface area (Å²) < 4.78 is 4.86. The molecule has 20 heavy (non-hydrogen) atoms. The molecular weight excluding hydrogens is 258 g/mol. The van der Waals surface area contributed by atoms with E-state index in [2.05, 4.69) is 32.8 Å². The number of hydrogen-bond acceptors (Lipinski definition) is 6. The number of anilines is 2. The Morgan fingerprint density at radius 1 is 1.25 bits per heavy atom. The van der Waals surface area contributed by atoms with Crippen LogP contribution in [-0.2, 0) is 9.53 Å². The van der Waals surface area contributed by atoms with Crippen molar-refractivity contribution in [1.82, 2.24) is 15.3 Å². The van der Waals surface area contributed by atoms with Crippen LogP contribution in [0.15, 0.2) is 6.07 Å². The van der Waals surface area contributed by atoms with E-state index >= 15 is 0 Å². The fourth-order valence-corrected chi connectivity index (χ4v) is 1.53. The molecule has 0 aliphatic carbocycles. The van der Waals surface area contributed by atoms with Crippen LogP contribution in [0.2, 0.25) is 0 Å². The average molecular weight is 281 g/mol. The van der Waals surface area contributed by atoms with E-state index in [0.717, 1.165) is 18.8 Å². The first-order valence-electron chi connectivity index (χ1n) is 6.74. The molecule has 0 radical (unpaired) electrons. The van der Waals surface area contributed by atoms with Crippen LogP contribution in [-0.4, -0.2) is 49.2 Å². The summed E-state index contributed by atoms with van der Waals surface area (Å²) in [6.45, 7) is 5.94. The van der Waals surface area contributed by atoms with Crippen molar-refractivity contribution in [1.29, 1.82) is 0 Å². The Bertz CT molecular complexity index is 425. The summed E-state index contributed by atoms with van der Waals surface area (Å²) in [6, 6.07) is 1.80. The maximum absolute atomic E-state index is 11.5. The molecule has 0 spiro atoms. The van der Waals surface area contributed by atoms with Crippen LogP contribution in [0, 0.1) is 6.92 Å². The summed E-state index contributed by atoms with van der Waals surface area (Å²) in [5.74, 6) is 1.97. The molecule has 0 saturated heterocycles. The molecule has 0 fully saturated rings. The van der Waals surface area contributed by atoms with Gasteiger partial charge in [0, 0.05) is 26.3 Å². The predicted octanol–water partition coefficient (Wildman–Crippen LogP) is 0.781. The topological polar surface area (TPSA) is 88.2 Å². The van der Waals surface area contributed by atoms with Crippen molar-refractivity contribution in [3.8, 4) is 0 Å². The van der Waals surface area contributed by atoms with Crippen molar-refractivity contribution < 1.29 is 9.53 Å². The van der Waals surface area contributed by atoms with Crippen LogP contribution in [0.3, 0.4) is 0 Å². The van der Waals surface area contributed by atoms with E-state index in [-0.39, 0.29) is 12.5 Å². The average Bonchev–Trinajstić information content (AvgIpc) is 2.43. The smallest absolute Gasteiger partial charge is 0.239 e. The monoisotopic (exact) mass is 281 g/mol. The molecule has 1 heterocycles. The van der Waals surface area contributed by atoms with Crippen LogP contribution in [0.5, 0.6) is 0 Å². The summed E-state index contributed by atoms with van der Waals surface area (Å²) in [4.78, 5) is 20.1. The SMILES string of the molecule is CCCNc1cc(NCC(=O)NCCOC)nc(C)n1. The number of rotatable bonds is 9. The number of methoxy groups -OCH3 is 1. The van der Waals surface area contributed by atoms with Gasteiger partial charge in [0.25, 0.3) is 0 Å². The molecule has 7 heteroatoms. The van der Waals surface area contributed by atoms with Gasteiger partial charge < -0.3 is 20.7 Å². The fourth-order valence-electron chi connectivity index (χ4n) is 1.53. The minimum atomic E-state index is -0.0959. The van der Waals surface area contributed by atoms with Gasteiger partial charge in [-0.2, -0.15) is 0 Å². The number of carbonyl (C=O) groups excluding carboxylic acids is 1. The highest BCUT2D eigenvalue weighted by atomic mass is 16.5. The summed E-state index contributed by atoms with van der Waals surface area (Å²) in [5, 5.41) is 8.91. The highest BCUT2D eigenvalue weighted by Crippen LogP contribution is 2.10. The maximum atomic E-state index is 11.5. The summed E-state index contributed by atoms with van der Waals surface area (Å²) in [5.41, 5.74) is 0. The van der Waals surface area contributed by atoms with Crippen LogP contribution >= 0.6 is 0 Å². The largest absolute Gasteiger partial charge is 0.383 e. The standard InChI is InChI=1S/C13H23N5O2/c1-4-5-14-11-8-12(18-10(2)17-11)16-9-13(19)15-6-7-20-3/h8H,4-7,9H2,1-3H3,(H,15,19)(H2,14,16,17,18). The number of carbonyl (C=O) groups is 1. The minimum Gasteiger partial charge on any atom is -0.383 e. The van der Waals surface area contributed by atoms with E-state index in [4.69, 9.17) is 4.74 Å². The van der Waals surface area contributed by atoms with Crippen molar-refractivity contribution in [2.45, 2.75) is 20.3 Å². The van der Waals surface area contributed by atoms with Gasteiger partial charge in [0.2, 0.25) is 5.91 Å². The first-order valence-corrected chi connectivity index (χ1v) is 6.74. The van der Waals surface area contributed by atoms with Gasteiger partial charge in [-0.15, -0.1) is 0 Å². The van der Waals surface area contributed by atoms with Gasteiger partial charge >= 0.3 is 0 Å². The highest BCUT2D eigenvalue weighted by molar-refractivity contribution is 5.80. The van der Waals surface area contributed by atoms with Crippen molar-refractivity contribution in [2.24, 2.45) is 0 Å². The first-order chi connectivity index (χ1) is 9.65. The maximum Gasteiger partial charge on any atom is 0.239 e. The van der Waals surface area contributed by atoms with E-state index in [1.165, 1.54) is 0 Å². The minimum absolute atomic E-state index is 0.0959. The molecular formula is C13H23N5O2. The third-order valence-electron chi connectivity index (χ3n) is 2.45. The third kappa shape index (κ3) is 6.33. The molecule has 3 N–H and O–H groups in total. The van der Waals surface area contributed by atoms with Gasteiger partial charge in [-0.05, 0) is 13.3 Å². The number of hydrogen-bond donors (Lipinski definition) is 3. The second kappa shape index (κ2) is 9.08. The zero-order valence-corrected chi connectivity index (χ0v) is 12.3. The van der Waals surface area contributed by atoms with E-state index in [0.29, 0.717) is 24.8 Å². The second-order valence-corrected chi connectivity index (χ2v) is 4.31. The lowest BCUT2D eigenvalue weighted by Crippen LogP contribution is -2.32. The predicted molar refractivity (Wildman–Crippen MR) is 78.9 cm³/mol. The molecule has 112 valence electrons. The first kappa shape index (κ1) is 16.2. The van der Waals surface area contributed by atoms with E-state index < -0.39 is 0 Å². The van der Waals surface area contributed by atoms with E-state index in [9.17, 15) is 4.79 Å². The fraction of sp³-hybridized carbons (Fsp3) is 0.615. The lowest BCUT2D eigenvalue weighted by molar-refractivity contribution is -0.119. The van der Waals surface area contributed by atoms with Gasteiger partial charge in [-0.1, -0.05) is 6.92 Å². The van der Waals surface area contributed by atoms with Crippen LogP contribution < -0.4 is 16.0 Å². The molecule has 0 unspecified atom stereocenters. The Kier molecular flexibility index (Phi) is 7.34. The molecule has 1 amide bonds. The summed E-state index contributed by atoms with van der Waals surface area (Å²) in [6.07, 6.45) is 1.02. The number of amides is 1. The molecule has 1 aromatic heterocycles. The van der Waals surface area contributed by atoms with Crippen LogP contribution in [0.25, 0.3) is 0 Å². The lowest BCUT2D eigenvalue weighted by atomic mass is 10.4. The van der Waals surface area contributed by atoms with Gasteiger partial charge in [0.15, 0.2) is 0 Å². The van der Waals surface area contributed by atoms with Gasteiger partial charge in [-0.25, -0.2) is 9.97 Å². The molecule has 7 nitrogen and oxygen atoms in total. The van der Waals surface area contributed by atoms with Gasteiger partial charge in [0.1, 0.15) is 17.5 Å². The zero-order valence-electron chi connectivity index (χ0n) is 12.3. The summed E-state index contributed by atoms with van der Waals surface area (Å²) in [7, 11) is 1.60. The van der Waals surface area contributed by atoms with Crippen molar-refractivity contribution in [3.63, 3.8) is 0 Å². The normalized spacial score (nSPS) is 10.2. The number of nitrogens with one attached hydrogen (secondary N) is 3. The zero-order chi connectivity index (χ0) is 14.8. The molecule has 0 aliphatic heterocycles. The van der Waals surface area contributed by atoms with Crippen LogP contribution in [0.4, 0.5) is 11.6 Å². The van der Waals surface area contributed by atoms with Gasteiger partial charge in [-0.3, -0.25) is 4.79 Å². The number of aromatic nitrogens is 2. The Hall–Kier alpha value is -1.89. The highest BCUT2D eigenvalue weighted by Gasteiger charge is 2.04. The second-order valence-electron chi connectivity index (χ2n) is 4.31. The molecule has 1 rings (SSSR count). The number of aryl methyl sites for hydroxylation is 1. The molecule has 0 saturated carbocycles. The molecule has 1 aromatic rings. The Labute approximate surface area is 119 Å². The van der Waals surface area contributed by atoms with Gasteiger partial charge in [0.05, 0.1) is 13.2 Å². The lowest BCUT2D eigenvalue weighted by Gasteiger charge is -2.10. The van der Waals surface area contributed by atoms with Crippen molar-refractivity contribution in [2.75, 3.05) is 44.0 Å². The Morgan fingerprint density at radius 3 is 2.60 bits per heavy atom. The number of nitrogens with zero attached hydrogens (tertiary/aromatic N) is 2.